The van der Waals surface area contributed by atoms with Gasteiger partial charge in [0.2, 0.25) is 0 Å². The van der Waals surface area contributed by atoms with E-state index in [2.05, 4.69) is 10.6 Å². The summed E-state index contributed by atoms with van der Waals surface area (Å²) < 4.78 is 5.66. The Balaban J connectivity index is 1.55. The van der Waals surface area contributed by atoms with Crippen LogP contribution in [-0.4, -0.2) is 11.8 Å². The number of nitrogens with one attached hydrogen (secondary N) is 2. The fraction of sp³-hybridized carbons (Fsp3) is 0.111. The number of furan rings is 1. The van der Waals surface area contributed by atoms with Crippen LogP contribution in [0.3, 0.4) is 0 Å². The van der Waals surface area contributed by atoms with Gasteiger partial charge < -0.3 is 15.1 Å². The van der Waals surface area contributed by atoms with E-state index in [1.807, 2.05) is 42.6 Å². The van der Waals surface area contributed by atoms with Gasteiger partial charge in [-0.3, -0.25) is 9.59 Å². The highest BCUT2D eigenvalue weighted by molar-refractivity contribution is 7.13. The summed E-state index contributed by atoms with van der Waals surface area (Å²) in [4.78, 5) is 24.8. The van der Waals surface area contributed by atoms with E-state index in [9.17, 15) is 9.59 Å². The van der Waals surface area contributed by atoms with Gasteiger partial charge in [-0.05, 0) is 42.1 Å². The van der Waals surface area contributed by atoms with Crippen molar-refractivity contribution in [3.8, 4) is 10.6 Å². The lowest BCUT2D eigenvalue weighted by Crippen LogP contribution is -2.35. The number of anilines is 1. The first kappa shape index (κ1) is 16.0. The third-order valence-corrected chi connectivity index (χ3v) is 4.33. The topological polar surface area (TPSA) is 71.3 Å². The standard InChI is InChI=1S/C18H16N2O3S/c1-12-5-2-3-6-14(12)20-18(22)17(21)19-11-13-8-9-15(23-13)16-7-4-10-24-16/h2-10H,11H2,1H3,(H,19,21)(H,20,22). The van der Waals surface area contributed by atoms with E-state index in [1.54, 1.807) is 29.5 Å². The first-order valence-electron chi connectivity index (χ1n) is 7.41. The lowest BCUT2D eigenvalue weighted by atomic mass is 10.2. The minimum Gasteiger partial charge on any atom is -0.458 e. The monoisotopic (exact) mass is 340 g/mol. The molecule has 2 heterocycles. The number of benzene rings is 1. The van der Waals surface area contributed by atoms with Gasteiger partial charge in [0.25, 0.3) is 0 Å². The molecule has 0 aliphatic heterocycles. The minimum absolute atomic E-state index is 0.158. The molecule has 0 atom stereocenters. The zero-order chi connectivity index (χ0) is 16.9. The molecule has 0 spiro atoms. The Hall–Kier alpha value is -2.86. The van der Waals surface area contributed by atoms with Crippen LogP contribution in [0.1, 0.15) is 11.3 Å². The van der Waals surface area contributed by atoms with E-state index >= 15 is 0 Å². The normalized spacial score (nSPS) is 10.4. The number of hydrogen-bond donors (Lipinski definition) is 2. The van der Waals surface area contributed by atoms with Crippen molar-refractivity contribution in [2.45, 2.75) is 13.5 Å². The summed E-state index contributed by atoms with van der Waals surface area (Å²) >= 11 is 1.58. The average molecular weight is 340 g/mol. The maximum Gasteiger partial charge on any atom is 0.313 e. The molecule has 0 bridgehead atoms. The van der Waals surface area contributed by atoms with Crippen molar-refractivity contribution in [1.29, 1.82) is 0 Å². The zero-order valence-corrected chi connectivity index (χ0v) is 13.9. The van der Waals surface area contributed by atoms with Crippen molar-refractivity contribution in [3.63, 3.8) is 0 Å². The van der Waals surface area contributed by atoms with E-state index in [4.69, 9.17) is 4.42 Å². The summed E-state index contributed by atoms with van der Waals surface area (Å²) in [5.74, 6) is -0.0595. The summed E-state index contributed by atoms with van der Waals surface area (Å²) in [6, 6.07) is 14.8. The molecule has 1 aromatic carbocycles. The second-order valence-corrected chi connectivity index (χ2v) is 6.14. The summed E-state index contributed by atoms with van der Waals surface area (Å²) in [5.41, 5.74) is 1.51. The molecule has 2 aromatic heterocycles. The van der Waals surface area contributed by atoms with E-state index in [0.29, 0.717) is 11.4 Å². The van der Waals surface area contributed by atoms with Gasteiger partial charge in [-0.15, -0.1) is 11.3 Å². The maximum absolute atomic E-state index is 11.9. The Labute approximate surface area is 143 Å². The molecule has 6 heteroatoms. The molecule has 0 fully saturated rings. The average Bonchev–Trinajstić information content (AvgIpc) is 3.25. The van der Waals surface area contributed by atoms with E-state index in [-0.39, 0.29) is 6.54 Å². The molecule has 0 unspecified atom stereocenters. The molecule has 3 rings (SSSR count). The van der Waals surface area contributed by atoms with Crippen molar-refractivity contribution in [3.05, 3.63) is 65.2 Å². The van der Waals surface area contributed by atoms with Gasteiger partial charge >= 0.3 is 11.8 Å². The Morgan fingerprint density at radius 2 is 1.88 bits per heavy atom. The van der Waals surface area contributed by atoms with Gasteiger partial charge in [-0.25, -0.2) is 0 Å². The maximum atomic E-state index is 11.9. The fourth-order valence-corrected chi connectivity index (χ4v) is 2.85. The molecule has 0 radical (unpaired) electrons. The molecular weight excluding hydrogens is 324 g/mol. The third kappa shape index (κ3) is 3.72. The van der Waals surface area contributed by atoms with E-state index in [1.165, 1.54) is 0 Å². The molecule has 0 aliphatic rings. The highest BCUT2D eigenvalue weighted by atomic mass is 32.1. The Kier molecular flexibility index (Phi) is 4.77. The van der Waals surface area contributed by atoms with Crippen molar-refractivity contribution >= 4 is 28.8 Å². The first-order valence-corrected chi connectivity index (χ1v) is 8.29. The highest BCUT2D eigenvalue weighted by Gasteiger charge is 2.15. The van der Waals surface area contributed by atoms with Crippen LogP contribution in [0, 0.1) is 6.92 Å². The number of para-hydroxylation sites is 1. The van der Waals surface area contributed by atoms with Crippen LogP contribution in [0.25, 0.3) is 10.6 Å². The van der Waals surface area contributed by atoms with Crippen LogP contribution in [-0.2, 0) is 16.1 Å². The lowest BCUT2D eigenvalue weighted by molar-refractivity contribution is -0.136. The summed E-state index contributed by atoms with van der Waals surface area (Å²) in [6.45, 7) is 2.02. The molecule has 2 N–H and O–H groups in total. The zero-order valence-electron chi connectivity index (χ0n) is 13.0. The van der Waals surface area contributed by atoms with E-state index in [0.717, 1.165) is 16.2 Å². The van der Waals surface area contributed by atoms with Crippen LogP contribution < -0.4 is 10.6 Å². The smallest absolute Gasteiger partial charge is 0.313 e. The second-order valence-electron chi connectivity index (χ2n) is 5.19. The summed E-state index contributed by atoms with van der Waals surface area (Å²) in [5, 5.41) is 7.12. The molecule has 0 saturated heterocycles. The van der Waals surface area contributed by atoms with Crippen molar-refractivity contribution in [2.24, 2.45) is 0 Å². The first-order chi connectivity index (χ1) is 11.6. The largest absolute Gasteiger partial charge is 0.458 e. The van der Waals surface area contributed by atoms with Gasteiger partial charge in [0.1, 0.15) is 11.5 Å². The SMILES string of the molecule is Cc1ccccc1NC(=O)C(=O)NCc1ccc(-c2cccs2)o1. The lowest BCUT2D eigenvalue weighted by Gasteiger charge is -2.07. The van der Waals surface area contributed by atoms with Crippen LogP contribution in [0.5, 0.6) is 0 Å². The fourth-order valence-electron chi connectivity index (χ4n) is 2.16. The number of carbonyl (C=O) groups is 2. The Morgan fingerprint density at radius 1 is 1.04 bits per heavy atom. The van der Waals surface area contributed by atoms with Gasteiger partial charge in [0.15, 0.2) is 0 Å². The molecule has 3 aromatic rings. The molecule has 2 amide bonds. The molecule has 0 aliphatic carbocycles. The number of thiophene rings is 1. The predicted molar refractivity (Wildman–Crippen MR) is 93.7 cm³/mol. The second kappa shape index (κ2) is 7.14. The predicted octanol–water partition coefficient (Wildman–Crippen LogP) is 3.57. The summed E-state index contributed by atoms with van der Waals surface area (Å²) in [7, 11) is 0. The number of hydrogen-bond acceptors (Lipinski definition) is 4. The van der Waals surface area contributed by atoms with E-state index < -0.39 is 11.8 Å². The van der Waals surface area contributed by atoms with Gasteiger partial charge in [-0.2, -0.15) is 0 Å². The number of amides is 2. The molecule has 0 saturated carbocycles. The molecule has 122 valence electrons. The molecular formula is C18H16N2O3S. The van der Waals surface area contributed by atoms with Crippen LogP contribution in [0.15, 0.2) is 58.3 Å². The minimum atomic E-state index is -0.702. The molecule has 5 nitrogen and oxygen atoms in total. The van der Waals surface area contributed by atoms with Gasteiger partial charge in [0, 0.05) is 5.69 Å². The third-order valence-electron chi connectivity index (χ3n) is 3.45. The highest BCUT2D eigenvalue weighted by Crippen LogP contribution is 2.26. The van der Waals surface area contributed by atoms with Crippen molar-refractivity contribution in [2.75, 3.05) is 5.32 Å². The van der Waals surface area contributed by atoms with Crippen molar-refractivity contribution < 1.29 is 14.0 Å². The summed E-state index contributed by atoms with van der Waals surface area (Å²) in [6.07, 6.45) is 0. The van der Waals surface area contributed by atoms with Gasteiger partial charge in [-0.1, -0.05) is 24.3 Å². The quantitative estimate of drug-likeness (QED) is 0.713. The Morgan fingerprint density at radius 3 is 2.62 bits per heavy atom. The molecule has 24 heavy (non-hydrogen) atoms. The number of aryl methyl sites for hydroxylation is 1. The number of rotatable bonds is 4. The Bertz CT molecular complexity index is 853. The van der Waals surface area contributed by atoms with Crippen LogP contribution >= 0.6 is 11.3 Å². The van der Waals surface area contributed by atoms with Crippen molar-refractivity contribution in [1.82, 2.24) is 5.32 Å². The number of carbonyl (C=O) groups excluding carboxylic acids is 2. The van der Waals surface area contributed by atoms with Crippen LogP contribution in [0.4, 0.5) is 5.69 Å². The van der Waals surface area contributed by atoms with Crippen LogP contribution in [0.2, 0.25) is 0 Å². The van der Waals surface area contributed by atoms with Gasteiger partial charge in [0.05, 0.1) is 11.4 Å².